The minimum Gasteiger partial charge on any atom is -0.496 e. The number of nitrogens with two attached hydrogens (primary N) is 1. The second-order valence-corrected chi connectivity index (χ2v) is 3.83. The second kappa shape index (κ2) is 6.26. The maximum atomic E-state index is 11.9. The number of rotatable bonds is 6. The number of anilines is 1. The number of hydrogen-bond acceptors (Lipinski definition) is 5. The molecule has 0 saturated heterocycles. The molecule has 1 rings (SSSR count). The maximum absolute atomic E-state index is 11.9. The number of ether oxygens (including phenoxy) is 2. The van der Waals surface area contributed by atoms with E-state index in [0.717, 1.165) is 0 Å². The molecule has 5 nitrogen and oxygen atoms in total. The van der Waals surface area contributed by atoms with E-state index in [4.69, 9.17) is 26.8 Å². The van der Waals surface area contributed by atoms with Crippen molar-refractivity contribution in [3.8, 4) is 11.5 Å². The summed E-state index contributed by atoms with van der Waals surface area (Å²) in [5.74, 6) is -0.204. The molecule has 0 heterocycles. The summed E-state index contributed by atoms with van der Waals surface area (Å²) in [6.07, 6.45) is -0.272. The zero-order chi connectivity index (χ0) is 13.7. The molecule has 0 aliphatic heterocycles. The van der Waals surface area contributed by atoms with Gasteiger partial charge in [-0.15, -0.1) is 11.6 Å². The number of Topliss-reactive ketones (excluding diaryl/α,β-unsaturated/α-hetero) is 2. The number of methoxy groups -OCH3 is 2. The molecule has 98 valence electrons. The van der Waals surface area contributed by atoms with Gasteiger partial charge < -0.3 is 15.2 Å². The fourth-order valence-corrected chi connectivity index (χ4v) is 1.56. The minimum absolute atomic E-state index is 0.195. The highest BCUT2D eigenvalue weighted by atomic mass is 35.5. The first-order valence-electron chi connectivity index (χ1n) is 5.15. The zero-order valence-corrected chi connectivity index (χ0v) is 10.9. The fraction of sp³-hybridized carbons (Fsp3) is 0.333. The van der Waals surface area contributed by atoms with Gasteiger partial charge in [0, 0.05) is 6.07 Å². The molecule has 0 aliphatic carbocycles. The van der Waals surface area contributed by atoms with Crippen LogP contribution in [0, 0.1) is 0 Å². The SMILES string of the molecule is COc1cc(OC)c(C(=O)CC(=O)CCl)cc1N. The van der Waals surface area contributed by atoms with Crippen molar-refractivity contribution < 1.29 is 19.1 Å². The number of halogens is 1. The van der Waals surface area contributed by atoms with Crippen molar-refractivity contribution in [2.45, 2.75) is 6.42 Å². The Bertz CT molecular complexity index is 473. The van der Waals surface area contributed by atoms with Gasteiger partial charge in [-0.2, -0.15) is 0 Å². The van der Waals surface area contributed by atoms with Gasteiger partial charge in [0.15, 0.2) is 11.6 Å². The molecule has 2 N–H and O–H groups in total. The monoisotopic (exact) mass is 271 g/mol. The molecule has 0 aromatic heterocycles. The highest BCUT2D eigenvalue weighted by Gasteiger charge is 2.18. The summed E-state index contributed by atoms with van der Waals surface area (Å²) in [5, 5.41) is 0. The van der Waals surface area contributed by atoms with E-state index in [1.54, 1.807) is 0 Å². The number of hydrogen-bond donors (Lipinski definition) is 1. The molecule has 6 heteroatoms. The van der Waals surface area contributed by atoms with Crippen LogP contribution in [0.5, 0.6) is 11.5 Å². The summed E-state index contributed by atoms with van der Waals surface area (Å²) in [5.41, 5.74) is 6.26. The van der Waals surface area contributed by atoms with Crippen LogP contribution in [-0.4, -0.2) is 31.7 Å². The lowest BCUT2D eigenvalue weighted by Gasteiger charge is -2.11. The number of ketones is 2. The van der Waals surface area contributed by atoms with Crippen molar-refractivity contribution in [1.82, 2.24) is 0 Å². The lowest BCUT2D eigenvalue weighted by atomic mass is 10.0. The summed E-state index contributed by atoms with van der Waals surface area (Å²) in [7, 11) is 2.88. The van der Waals surface area contributed by atoms with E-state index in [0.29, 0.717) is 17.2 Å². The molecular formula is C12H14ClNO4. The molecule has 0 bridgehead atoms. The molecule has 0 atom stereocenters. The van der Waals surface area contributed by atoms with E-state index < -0.39 is 0 Å². The Morgan fingerprint density at radius 1 is 1.22 bits per heavy atom. The van der Waals surface area contributed by atoms with E-state index in [-0.39, 0.29) is 29.4 Å². The standard InChI is InChI=1S/C12H14ClNO4/c1-17-11-5-12(18-2)9(14)4-8(11)10(16)3-7(15)6-13/h4-5H,3,6,14H2,1-2H3. The largest absolute Gasteiger partial charge is 0.496 e. The van der Waals surface area contributed by atoms with Crippen LogP contribution in [-0.2, 0) is 4.79 Å². The van der Waals surface area contributed by atoms with E-state index >= 15 is 0 Å². The van der Waals surface area contributed by atoms with Crippen molar-refractivity contribution in [2.75, 3.05) is 25.8 Å². The summed E-state index contributed by atoms with van der Waals surface area (Å²) in [4.78, 5) is 23.0. The van der Waals surface area contributed by atoms with Crippen molar-refractivity contribution in [2.24, 2.45) is 0 Å². The van der Waals surface area contributed by atoms with Gasteiger partial charge in [-0.05, 0) is 6.07 Å². The number of nitrogen functional groups attached to an aromatic ring is 1. The summed E-state index contributed by atoms with van der Waals surface area (Å²) in [6, 6.07) is 2.94. The predicted molar refractivity (Wildman–Crippen MR) is 68.6 cm³/mol. The summed E-state index contributed by atoms with van der Waals surface area (Å²) < 4.78 is 10.1. The molecule has 0 unspecified atom stereocenters. The fourth-order valence-electron chi connectivity index (χ4n) is 1.46. The maximum Gasteiger partial charge on any atom is 0.174 e. The Morgan fingerprint density at radius 2 is 1.83 bits per heavy atom. The minimum atomic E-state index is -0.383. The molecule has 1 aromatic rings. The third-order valence-corrected chi connectivity index (χ3v) is 2.66. The highest BCUT2D eigenvalue weighted by Crippen LogP contribution is 2.31. The Labute approximate surface area is 110 Å². The van der Waals surface area contributed by atoms with Crippen LogP contribution in [0.2, 0.25) is 0 Å². The first kappa shape index (κ1) is 14.3. The third-order valence-electron chi connectivity index (χ3n) is 2.36. The van der Waals surface area contributed by atoms with E-state index in [9.17, 15) is 9.59 Å². The van der Waals surface area contributed by atoms with Crippen LogP contribution in [0.1, 0.15) is 16.8 Å². The van der Waals surface area contributed by atoms with Gasteiger partial charge in [0.25, 0.3) is 0 Å². The Morgan fingerprint density at radius 3 is 2.33 bits per heavy atom. The number of carbonyl (C=O) groups excluding carboxylic acids is 2. The molecule has 0 spiro atoms. The molecule has 0 fully saturated rings. The number of alkyl halides is 1. The van der Waals surface area contributed by atoms with Crippen LogP contribution < -0.4 is 15.2 Å². The van der Waals surface area contributed by atoms with Crippen LogP contribution in [0.3, 0.4) is 0 Å². The first-order chi connectivity index (χ1) is 8.53. The van der Waals surface area contributed by atoms with Gasteiger partial charge in [0.1, 0.15) is 11.5 Å². The van der Waals surface area contributed by atoms with Gasteiger partial charge in [0.05, 0.1) is 37.8 Å². The molecule has 0 amide bonds. The van der Waals surface area contributed by atoms with Gasteiger partial charge in [-0.1, -0.05) is 0 Å². The van der Waals surface area contributed by atoms with Crippen molar-refractivity contribution >= 4 is 28.9 Å². The lowest BCUT2D eigenvalue weighted by Crippen LogP contribution is -2.11. The zero-order valence-electron chi connectivity index (χ0n) is 10.2. The van der Waals surface area contributed by atoms with E-state index in [2.05, 4.69) is 0 Å². The summed E-state index contributed by atoms with van der Waals surface area (Å²) in [6.45, 7) is 0. The first-order valence-corrected chi connectivity index (χ1v) is 5.69. The Hall–Kier alpha value is -1.75. The molecule has 0 saturated carbocycles. The topological polar surface area (TPSA) is 78.6 Å². The highest BCUT2D eigenvalue weighted by molar-refractivity contribution is 6.29. The van der Waals surface area contributed by atoms with E-state index in [1.807, 2.05) is 0 Å². The predicted octanol–water partition coefficient (Wildman–Crippen LogP) is 1.67. The van der Waals surface area contributed by atoms with Gasteiger partial charge >= 0.3 is 0 Å². The summed E-state index contributed by atoms with van der Waals surface area (Å²) >= 11 is 5.36. The average Bonchev–Trinajstić information content (AvgIpc) is 2.38. The van der Waals surface area contributed by atoms with Crippen molar-refractivity contribution in [3.63, 3.8) is 0 Å². The second-order valence-electron chi connectivity index (χ2n) is 3.57. The normalized spacial score (nSPS) is 9.94. The van der Waals surface area contributed by atoms with E-state index in [1.165, 1.54) is 26.4 Å². The Kier molecular flexibility index (Phi) is 4.97. The van der Waals surface area contributed by atoms with Gasteiger partial charge in [-0.3, -0.25) is 9.59 Å². The van der Waals surface area contributed by atoms with Crippen LogP contribution in [0.25, 0.3) is 0 Å². The van der Waals surface area contributed by atoms with Gasteiger partial charge in [0.2, 0.25) is 0 Å². The Balaban J connectivity index is 3.11. The average molecular weight is 272 g/mol. The van der Waals surface area contributed by atoms with Crippen molar-refractivity contribution in [3.05, 3.63) is 17.7 Å². The lowest BCUT2D eigenvalue weighted by molar-refractivity contribution is -0.115. The van der Waals surface area contributed by atoms with Gasteiger partial charge in [-0.25, -0.2) is 0 Å². The van der Waals surface area contributed by atoms with Crippen LogP contribution >= 0.6 is 11.6 Å². The smallest absolute Gasteiger partial charge is 0.174 e. The number of benzene rings is 1. The van der Waals surface area contributed by atoms with Crippen LogP contribution in [0.4, 0.5) is 5.69 Å². The van der Waals surface area contributed by atoms with Crippen LogP contribution in [0.15, 0.2) is 12.1 Å². The quantitative estimate of drug-likeness (QED) is 0.368. The number of carbonyl (C=O) groups is 2. The van der Waals surface area contributed by atoms with Crippen molar-refractivity contribution in [1.29, 1.82) is 0 Å². The third kappa shape index (κ3) is 3.13. The molecule has 18 heavy (non-hydrogen) atoms. The molecule has 1 aromatic carbocycles. The molecular weight excluding hydrogens is 258 g/mol. The molecule has 0 aliphatic rings. The molecule has 0 radical (unpaired) electrons.